The largest absolute Gasteiger partial charge is 0.496 e. The second-order valence-electron chi connectivity index (χ2n) is 3.94. The van der Waals surface area contributed by atoms with Crippen LogP contribution in [0.2, 0.25) is 5.02 Å². The summed E-state index contributed by atoms with van der Waals surface area (Å²) in [6.07, 6.45) is 0. The highest BCUT2D eigenvalue weighted by atomic mass is 35.5. The van der Waals surface area contributed by atoms with Crippen molar-refractivity contribution < 1.29 is 13.2 Å². The van der Waals surface area contributed by atoms with Crippen LogP contribution in [0.25, 0.3) is 11.4 Å². The van der Waals surface area contributed by atoms with Gasteiger partial charge in [0.1, 0.15) is 5.75 Å². The van der Waals surface area contributed by atoms with Crippen molar-refractivity contribution in [3.8, 4) is 17.1 Å². The van der Waals surface area contributed by atoms with Crippen LogP contribution in [-0.2, 0) is 16.6 Å². The first-order valence-electron chi connectivity index (χ1n) is 5.68. The highest BCUT2D eigenvalue weighted by molar-refractivity contribution is 7.89. The summed E-state index contributed by atoms with van der Waals surface area (Å²) in [6, 6.07) is 4.96. The lowest BCUT2D eigenvalue weighted by Crippen LogP contribution is -2.18. The van der Waals surface area contributed by atoms with Crippen molar-refractivity contribution in [2.45, 2.75) is 18.6 Å². The number of rotatable bonds is 4. The highest BCUT2D eigenvalue weighted by Gasteiger charge is 2.22. The monoisotopic (exact) mass is 316 g/mol. The lowest BCUT2D eigenvalue weighted by Gasteiger charge is -2.10. The maximum Gasteiger partial charge on any atom is 0.273 e. The van der Waals surface area contributed by atoms with E-state index < -0.39 is 10.0 Å². The molecule has 0 saturated carbocycles. The molecule has 1 aromatic heterocycles. The quantitative estimate of drug-likeness (QED) is 0.915. The van der Waals surface area contributed by atoms with E-state index in [0.717, 1.165) is 0 Å². The summed E-state index contributed by atoms with van der Waals surface area (Å²) in [5.41, 5.74) is 0.546. The number of benzene rings is 1. The van der Waals surface area contributed by atoms with Crippen LogP contribution in [-0.4, -0.2) is 30.3 Å². The molecule has 0 fully saturated rings. The van der Waals surface area contributed by atoms with Gasteiger partial charge in [-0.15, -0.1) is 10.2 Å². The Morgan fingerprint density at radius 1 is 1.40 bits per heavy atom. The highest BCUT2D eigenvalue weighted by Crippen LogP contribution is 2.32. The normalized spacial score (nSPS) is 11.6. The lowest BCUT2D eigenvalue weighted by atomic mass is 10.2. The minimum Gasteiger partial charge on any atom is -0.496 e. The van der Waals surface area contributed by atoms with Crippen molar-refractivity contribution in [1.82, 2.24) is 14.8 Å². The van der Waals surface area contributed by atoms with Gasteiger partial charge in [-0.2, -0.15) is 0 Å². The number of sulfonamides is 1. The van der Waals surface area contributed by atoms with Gasteiger partial charge in [0.05, 0.1) is 12.7 Å². The van der Waals surface area contributed by atoms with Gasteiger partial charge in [0.15, 0.2) is 5.82 Å². The number of hydrogen-bond donors (Lipinski definition) is 1. The van der Waals surface area contributed by atoms with Crippen molar-refractivity contribution in [2.75, 3.05) is 7.11 Å². The minimum absolute atomic E-state index is 0.294. The van der Waals surface area contributed by atoms with E-state index in [4.69, 9.17) is 21.5 Å². The fourth-order valence-electron chi connectivity index (χ4n) is 1.84. The fourth-order valence-corrected chi connectivity index (χ4v) is 2.69. The van der Waals surface area contributed by atoms with E-state index >= 15 is 0 Å². The second-order valence-corrected chi connectivity index (χ2v) is 5.83. The average Bonchev–Trinajstić information content (AvgIpc) is 2.82. The molecule has 9 heteroatoms. The fraction of sp³-hybridized carbons (Fsp3) is 0.273. The van der Waals surface area contributed by atoms with Gasteiger partial charge in [0.25, 0.3) is 15.2 Å². The van der Waals surface area contributed by atoms with E-state index in [1.807, 2.05) is 0 Å². The molecular weight excluding hydrogens is 304 g/mol. The van der Waals surface area contributed by atoms with Crippen LogP contribution in [0, 0.1) is 0 Å². The van der Waals surface area contributed by atoms with E-state index in [-0.39, 0.29) is 5.16 Å². The molecule has 0 aliphatic heterocycles. The number of methoxy groups -OCH3 is 1. The number of ether oxygens (including phenoxy) is 1. The van der Waals surface area contributed by atoms with E-state index in [0.29, 0.717) is 28.7 Å². The first-order chi connectivity index (χ1) is 9.38. The van der Waals surface area contributed by atoms with E-state index in [1.165, 1.54) is 11.7 Å². The van der Waals surface area contributed by atoms with Crippen molar-refractivity contribution in [3.05, 3.63) is 23.2 Å². The van der Waals surface area contributed by atoms with Gasteiger partial charge < -0.3 is 4.74 Å². The number of halogens is 1. The number of hydrogen-bond acceptors (Lipinski definition) is 5. The Hall–Kier alpha value is -1.64. The molecule has 0 bridgehead atoms. The van der Waals surface area contributed by atoms with Crippen molar-refractivity contribution in [2.24, 2.45) is 5.14 Å². The summed E-state index contributed by atoms with van der Waals surface area (Å²) in [7, 11) is -2.45. The molecule has 2 aromatic rings. The lowest BCUT2D eigenvalue weighted by molar-refractivity contribution is 0.416. The molecule has 1 aromatic carbocycles. The summed E-state index contributed by atoms with van der Waals surface area (Å²) < 4.78 is 29.6. The third-order valence-corrected chi connectivity index (χ3v) is 3.74. The second kappa shape index (κ2) is 5.39. The van der Waals surface area contributed by atoms with Gasteiger partial charge in [0.2, 0.25) is 0 Å². The number of nitrogens with two attached hydrogens (primary N) is 1. The maximum atomic E-state index is 11.5. The molecule has 2 rings (SSSR count). The summed E-state index contributed by atoms with van der Waals surface area (Å²) >= 11 is 5.96. The van der Waals surface area contributed by atoms with Crippen molar-refractivity contribution in [1.29, 1.82) is 0 Å². The SMILES string of the molecule is CCn1c(-c2cc(Cl)ccc2OC)nnc1S(N)(=O)=O. The first kappa shape index (κ1) is 14.8. The Morgan fingerprint density at radius 3 is 2.65 bits per heavy atom. The van der Waals surface area contributed by atoms with E-state index in [2.05, 4.69) is 10.2 Å². The topological polar surface area (TPSA) is 100 Å². The third-order valence-electron chi connectivity index (χ3n) is 2.69. The average molecular weight is 317 g/mol. The Morgan fingerprint density at radius 2 is 2.10 bits per heavy atom. The summed E-state index contributed by atoms with van der Waals surface area (Å²) in [4.78, 5) is 0. The molecule has 0 atom stereocenters. The van der Waals surface area contributed by atoms with Gasteiger partial charge >= 0.3 is 0 Å². The van der Waals surface area contributed by atoms with E-state index in [1.54, 1.807) is 25.1 Å². The van der Waals surface area contributed by atoms with Crippen LogP contribution in [0.1, 0.15) is 6.92 Å². The Bertz CT molecular complexity index is 742. The molecule has 0 amide bonds. The molecule has 2 N–H and O–H groups in total. The van der Waals surface area contributed by atoms with Crippen molar-refractivity contribution >= 4 is 21.6 Å². The molecule has 0 unspecified atom stereocenters. The number of aromatic nitrogens is 3. The van der Waals surface area contributed by atoms with Crippen LogP contribution < -0.4 is 9.88 Å². The first-order valence-corrected chi connectivity index (χ1v) is 7.60. The van der Waals surface area contributed by atoms with Crippen LogP contribution in [0.4, 0.5) is 0 Å². The zero-order valence-electron chi connectivity index (χ0n) is 10.9. The summed E-state index contributed by atoms with van der Waals surface area (Å²) in [5, 5.41) is 12.8. The van der Waals surface area contributed by atoms with Gasteiger partial charge in [-0.1, -0.05) is 11.6 Å². The van der Waals surface area contributed by atoms with Crippen LogP contribution in [0.5, 0.6) is 5.75 Å². The Labute approximate surface area is 121 Å². The molecule has 7 nitrogen and oxygen atoms in total. The van der Waals surface area contributed by atoms with E-state index in [9.17, 15) is 8.42 Å². The molecule has 0 saturated heterocycles. The van der Waals surface area contributed by atoms with Crippen LogP contribution >= 0.6 is 11.6 Å². The van der Waals surface area contributed by atoms with Crippen LogP contribution in [0.15, 0.2) is 23.4 Å². The van der Waals surface area contributed by atoms with Gasteiger partial charge in [-0.25, -0.2) is 13.6 Å². The minimum atomic E-state index is -3.95. The van der Waals surface area contributed by atoms with Crippen molar-refractivity contribution in [3.63, 3.8) is 0 Å². The molecule has 20 heavy (non-hydrogen) atoms. The van der Waals surface area contributed by atoms with Crippen LogP contribution in [0.3, 0.4) is 0 Å². The zero-order chi connectivity index (χ0) is 14.9. The van der Waals surface area contributed by atoms with Gasteiger partial charge in [0, 0.05) is 11.6 Å². The Kier molecular flexibility index (Phi) is 3.98. The maximum absolute atomic E-state index is 11.5. The number of primary sulfonamides is 1. The molecular formula is C11H13ClN4O3S. The Balaban J connectivity index is 2.71. The smallest absolute Gasteiger partial charge is 0.273 e. The molecule has 1 heterocycles. The number of nitrogens with zero attached hydrogens (tertiary/aromatic N) is 3. The molecule has 108 valence electrons. The molecule has 0 aliphatic rings. The standard InChI is InChI=1S/C11H13ClN4O3S/c1-3-16-10(14-15-11(16)20(13,17)18)8-6-7(12)4-5-9(8)19-2/h4-6H,3H2,1-2H3,(H2,13,17,18). The van der Waals surface area contributed by atoms with Gasteiger partial charge in [-0.05, 0) is 25.1 Å². The summed E-state index contributed by atoms with van der Waals surface area (Å²) in [6.45, 7) is 2.10. The predicted molar refractivity (Wildman–Crippen MR) is 74.1 cm³/mol. The summed E-state index contributed by atoms with van der Waals surface area (Å²) in [5.74, 6) is 0.841. The molecule has 0 aliphatic carbocycles. The van der Waals surface area contributed by atoms with Gasteiger partial charge in [-0.3, -0.25) is 4.57 Å². The predicted octanol–water partition coefficient (Wildman–Crippen LogP) is 1.27. The zero-order valence-corrected chi connectivity index (χ0v) is 12.4. The molecule has 0 spiro atoms. The third kappa shape index (κ3) is 2.62. The molecule has 0 radical (unpaired) electrons.